The van der Waals surface area contributed by atoms with Crippen molar-refractivity contribution < 1.29 is 4.42 Å². The predicted octanol–water partition coefficient (Wildman–Crippen LogP) is 2.71. The molecule has 5 heteroatoms. The number of hydrogen-bond acceptors (Lipinski definition) is 4. The van der Waals surface area contributed by atoms with E-state index in [2.05, 4.69) is 11.1 Å². The van der Waals surface area contributed by atoms with Crippen LogP contribution in [0, 0.1) is 16.7 Å². The molecule has 0 aliphatic heterocycles. The van der Waals surface area contributed by atoms with Gasteiger partial charge in [-0.05, 0) is 38.8 Å². The van der Waals surface area contributed by atoms with Crippen LogP contribution in [0.25, 0.3) is 11.2 Å². The standard InChI is InChI=1S/C14H17N3O2/c1-14(2,10-15)7-3-4-9-17-12-11(19-13(17)18)6-5-8-16-12/h5-6,8H,3-4,7,9H2,1-2H3. The summed E-state index contributed by atoms with van der Waals surface area (Å²) in [7, 11) is 0. The van der Waals surface area contributed by atoms with Crippen LogP contribution in [0.4, 0.5) is 0 Å². The van der Waals surface area contributed by atoms with Crippen molar-refractivity contribution in [2.45, 2.75) is 39.7 Å². The van der Waals surface area contributed by atoms with Crippen molar-refractivity contribution in [3.8, 4) is 6.07 Å². The molecule has 2 aromatic rings. The second kappa shape index (κ2) is 5.27. The second-order valence-corrected chi connectivity index (χ2v) is 5.30. The highest BCUT2D eigenvalue weighted by molar-refractivity contribution is 5.67. The molecular formula is C14H17N3O2. The minimum absolute atomic E-state index is 0.304. The van der Waals surface area contributed by atoms with Gasteiger partial charge in [0.25, 0.3) is 0 Å². The summed E-state index contributed by atoms with van der Waals surface area (Å²) in [6.07, 6.45) is 4.19. The molecule has 0 atom stereocenters. The van der Waals surface area contributed by atoms with Crippen molar-refractivity contribution in [2.75, 3.05) is 0 Å². The lowest BCUT2D eigenvalue weighted by Crippen LogP contribution is -2.15. The second-order valence-electron chi connectivity index (χ2n) is 5.30. The molecule has 0 spiro atoms. The van der Waals surface area contributed by atoms with E-state index < -0.39 is 0 Å². The Bertz CT molecular complexity index is 661. The zero-order chi connectivity index (χ0) is 13.9. The summed E-state index contributed by atoms with van der Waals surface area (Å²) in [6, 6.07) is 5.75. The lowest BCUT2D eigenvalue weighted by atomic mass is 9.89. The minimum atomic E-state index is -0.367. The van der Waals surface area contributed by atoms with Gasteiger partial charge in [0.1, 0.15) is 0 Å². The van der Waals surface area contributed by atoms with E-state index in [1.165, 1.54) is 0 Å². The van der Waals surface area contributed by atoms with Crippen molar-refractivity contribution >= 4 is 11.2 Å². The van der Waals surface area contributed by atoms with E-state index in [0.29, 0.717) is 17.8 Å². The lowest BCUT2D eigenvalue weighted by Gasteiger charge is -2.14. The van der Waals surface area contributed by atoms with E-state index in [1.54, 1.807) is 22.9 Å². The zero-order valence-corrected chi connectivity index (χ0v) is 11.2. The first-order chi connectivity index (χ1) is 9.03. The first-order valence-corrected chi connectivity index (χ1v) is 6.39. The topological polar surface area (TPSA) is 71.8 Å². The molecule has 5 nitrogen and oxygen atoms in total. The van der Waals surface area contributed by atoms with Gasteiger partial charge in [0, 0.05) is 12.7 Å². The van der Waals surface area contributed by atoms with Crippen LogP contribution in [0.2, 0.25) is 0 Å². The third-order valence-electron chi connectivity index (χ3n) is 3.16. The molecule has 0 bridgehead atoms. The van der Waals surface area contributed by atoms with Crippen molar-refractivity contribution in [3.63, 3.8) is 0 Å². The average molecular weight is 259 g/mol. The first-order valence-electron chi connectivity index (χ1n) is 6.39. The maximum absolute atomic E-state index is 11.7. The Balaban J connectivity index is 2.01. The number of aryl methyl sites for hydroxylation is 1. The Morgan fingerprint density at radius 1 is 1.47 bits per heavy atom. The smallest absolute Gasteiger partial charge is 0.406 e. The highest BCUT2D eigenvalue weighted by Gasteiger charge is 2.16. The Hall–Kier alpha value is -2.09. The lowest BCUT2D eigenvalue weighted by molar-refractivity contribution is 0.411. The van der Waals surface area contributed by atoms with Gasteiger partial charge in [-0.25, -0.2) is 9.78 Å². The summed E-state index contributed by atoms with van der Waals surface area (Å²) in [6.45, 7) is 4.42. The maximum atomic E-state index is 11.7. The highest BCUT2D eigenvalue weighted by Crippen LogP contribution is 2.22. The van der Waals surface area contributed by atoms with Crippen molar-refractivity contribution in [2.24, 2.45) is 5.41 Å². The number of pyridine rings is 1. The fourth-order valence-corrected chi connectivity index (χ4v) is 1.99. The number of unbranched alkanes of at least 4 members (excludes halogenated alkanes) is 1. The summed E-state index contributed by atoms with van der Waals surface area (Å²) in [5, 5.41) is 8.93. The van der Waals surface area contributed by atoms with Gasteiger partial charge in [0.2, 0.25) is 0 Å². The van der Waals surface area contributed by atoms with Crippen molar-refractivity contribution in [1.29, 1.82) is 5.26 Å². The fourth-order valence-electron chi connectivity index (χ4n) is 1.99. The van der Waals surface area contributed by atoms with E-state index in [1.807, 2.05) is 13.8 Å². The predicted molar refractivity (Wildman–Crippen MR) is 71.5 cm³/mol. The van der Waals surface area contributed by atoms with Gasteiger partial charge in [-0.2, -0.15) is 5.26 Å². The zero-order valence-electron chi connectivity index (χ0n) is 11.2. The Labute approximate surface area is 111 Å². The Morgan fingerprint density at radius 2 is 2.26 bits per heavy atom. The Morgan fingerprint density at radius 3 is 3.00 bits per heavy atom. The van der Waals surface area contributed by atoms with Crippen molar-refractivity contribution in [1.82, 2.24) is 9.55 Å². The fraction of sp³-hybridized carbons (Fsp3) is 0.500. The number of hydrogen-bond donors (Lipinski definition) is 0. The highest BCUT2D eigenvalue weighted by atomic mass is 16.4. The number of fused-ring (bicyclic) bond motifs is 1. The molecule has 0 amide bonds. The van der Waals surface area contributed by atoms with Crippen LogP contribution in [0.1, 0.15) is 33.1 Å². The third-order valence-corrected chi connectivity index (χ3v) is 3.16. The summed E-state index contributed by atoms with van der Waals surface area (Å²) >= 11 is 0. The van der Waals surface area contributed by atoms with Gasteiger partial charge in [0.05, 0.1) is 11.5 Å². The number of rotatable bonds is 5. The molecule has 0 unspecified atom stereocenters. The monoisotopic (exact) mass is 259 g/mol. The largest absolute Gasteiger partial charge is 0.421 e. The van der Waals surface area contributed by atoms with Crippen LogP contribution >= 0.6 is 0 Å². The third kappa shape index (κ3) is 3.02. The molecular weight excluding hydrogens is 242 g/mol. The molecule has 0 aliphatic carbocycles. The normalized spacial score (nSPS) is 11.6. The van der Waals surface area contributed by atoms with Gasteiger partial charge in [0.15, 0.2) is 11.2 Å². The molecule has 0 fully saturated rings. The summed E-state index contributed by atoms with van der Waals surface area (Å²) in [5.74, 6) is -0.367. The van der Waals surface area contributed by atoms with Gasteiger partial charge < -0.3 is 4.42 Å². The number of aromatic nitrogens is 2. The van der Waals surface area contributed by atoms with E-state index in [-0.39, 0.29) is 11.2 Å². The SMILES string of the molecule is CC(C)(C#N)CCCCn1c(=O)oc2cccnc21. The van der Waals surface area contributed by atoms with Gasteiger partial charge >= 0.3 is 5.76 Å². The van der Waals surface area contributed by atoms with E-state index >= 15 is 0 Å². The quantitative estimate of drug-likeness (QED) is 0.774. The summed E-state index contributed by atoms with van der Waals surface area (Å²) in [4.78, 5) is 15.9. The molecule has 19 heavy (non-hydrogen) atoms. The van der Waals surface area contributed by atoms with Crippen LogP contribution in [0.5, 0.6) is 0 Å². The number of nitriles is 1. The van der Waals surface area contributed by atoms with Gasteiger partial charge in [-0.1, -0.05) is 6.42 Å². The van der Waals surface area contributed by atoms with E-state index in [4.69, 9.17) is 9.68 Å². The van der Waals surface area contributed by atoms with E-state index in [0.717, 1.165) is 19.3 Å². The maximum Gasteiger partial charge on any atom is 0.421 e. The molecule has 0 saturated heterocycles. The van der Waals surface area contributed by atoms with Crippen LogP contribution in [-0.4, -0.2) is 9.55 Å². The molecule has 2 heterocycles. The number of oxazole rings is 1. The molecule has 0 aromatic carbocycles. The first kappa shape index (κ1) is 13.3. The van der Waals surface area contributed by atoms with Gasteiger partial charge in [-0.3, -0.25) is 4.57 Å². The molecule has 0 saturated carbocycles. The molecule has 0 N–H and O–H groups in total. The van der Waals surface area contributed by atoms with Crippen molar-refractivity contribution in [3.05, 3.63) is 28.9 Å². The molecule has 2 aromatic heterocycles. The summed E-state index contributed by atoms with van der Waals surface area (Å²) in [5.41, 5.74) is 0.804. The molecule has 100 valence electrons. The van der Waals surface area contributed by atoms with Crippen LogP contribution < -0.4 is 5.76 Å². The van der Waals surface area contributed by atoms with Gasteiger partial charge in [-0.15, -0.1) is 0 Å². The Kier molecular flexibility index (Phi) is 3.70. The van der Waals surface area contributed by atoms with Crippen LogP contribution in [-0.2, 0) is 6.54 Å². The average Bonchev–Trinajstić information content (AvgIpc) is 2.71. The molecule has 0 radical (unpaired) electrons. The minimum Gasteiger partial charge on any atom is -0.406 e. The van der Waals surface area contributed by atoms with E-state index in [9.17, 15) is 4.79 Å². The molecule has 0 aliphatic rings. The van der Waals surface area contributed by atoms with Crippen LogP contribution in [0.3, 0.4) is 0 Å². The molecule has 2 rings (SSSR count). The van der Waals surface area contributed by atoms with Crippen LogP contribution in [0.15, 0.2) is 27.5 Å². The number of nitrogens with zero attached hydrogens (tertiary/aromatic N) is 3. The summed E-state index contributed by atoms with van der Waals surface area (Å²) < 4.78 is 6.66.